The SMILES string of the molecule is C/C=C(\OC(C)=O)C(=O)SC(C)(C)C. The minimum absolute atomic E-state index is 0.109. The molecule has 0 N–H and O–H groups in total. The van der Waals surface area contributed by atoms with Crippen LogP contribution in [0.4, 0.5) is 0 Å². The molecule has 0 unspecified atom stereocenters. The summed E-state index contributed by atoms with van der Waals surface area (Å²) < 4.78 is 4.58. The van der Waals surface area contributed by atoms with Gasteiger partial charge < -0.3 is 4.74 Å². The number of hydrogen-bond donors (Lipinski definition) is 0. The van der Waals surface area contributed by atoms with Gasteiger partial charge in [-0.15, -0.1) is 0 Å². The zero-order valence-electron chi connectivity index (χ0n) is 9.21. The lowest BCUT2D eigenvalue weighted by Gasteiger charge is -2.16. The molecule has 14 heavy (non-hydrogen) atoms. The standard InChI is InChI=1S/C10H16O3S/c1-6-8(13-7(2)11)9(12)14-10(3,4)5/h6H,1-5H3/b8-6-. The molecule has 0 atom stereocenters. The lowest BCUT2D eigenvalue weighted by atomic mass is 10.3. The van der Waals surface area contributed by atoms with E-state index >= 15 is 0 Å². The molecular weight excluding hydrogens is 200 g/mol. The Morgan fingerprint density at radius 1 is 1.29 bits per heavy atom. The highest BCUT2D eigenvalue weighted by Crippen LogP contribution is 2.27. The van der Waals surface area contributed by atoms with E-state index in [1.54, 1.807) is 6.92 Å². The van der Waals surface area contributed by atoms with Crippen molar-refractivity contribution in [3.63, 3.8) is 0 Å². The van der Waals surface area contributed by atoms with Crippen molar-refractivity contribution in [2.75, 3.05) is 0 Å². The van der Waals surface area contributed by atoms with E-state index in [1.165, 1.54) is 13.0 Å². The predicted octanol–water partition coefficient (Wildman–Crippen LogP) is 2.51. The van der Waals surface area contributed by atoms with Gasteiger partial charge in [-0.05, 0) is 13.0 Å². The largest absolute Gasteiger partial charge is 0.422 e. The molecule has 0 bridgehead atoms. The number of esters is 1. The van der Waals surface area contributed by atoms with Gasteiger partial charge in [-0.1, -0.05) is 32.5 Å². The molecule has 0 aliphatic carbocycles. The van der Waals surface area contributed by atoms with Crippen LogP contribution in [0.3, 0.4) is 0 Å². The first-order chi connectivity index (χ1) is 6.26. The van der Waals surface area contributed by atoms with Gasteiger partial charge in [0.1, 0.15) is 0 Å². The molecule has 0 saturated carbocycles. The quantitative estimate of drug-likeness (QED) is 0.404. The molecule has 0 aliphatic rings. The average Bonchev–Trinajstić information content (AvgIpc) is 1.96. The molecule has 80 valence electrons. The van der Waals surface area contributed by atoms with Crippen molar-refractivity contribution in [2.45, 2.75) is 39.4 Å². The summed E-state index contributed by atoms with van der Waals surface area (Å²) in [6.45, 7) is 8.72. The van der Waals surface area contributed by atoms with Gasteiger partial charge in [0.05, 0.1) is 0 Å². The van der Waals surface area contributed by atoms with E-state index in [1.807, 2.05) is 20.8 Å². The Kier molecular flexibility index (Phi) is 4.91. The molecule has 0 amide bonds. The first-order valence-corrected chi connectivity index (χ1v) is 5.16. The maximum atomic E-state index is 11.5. The number of allylic oxidation sites excluding steroid dienone is 1. The van der Waals surface area contributed by atoms with Crippen LogP contribution in [-0.2, 0) is 14.3 Å². The summed E-state index contributed by atoms with van der Waals surface area (Å²) in [5.74, 6) is -0.363. The summed E-state index contributed by atoms with van der Waals surface area (Å²) >= 11 is 1.15. The lowest BCUT2D eigenvalue weighted by molar-refractivity contribution is -0.139. The van der Waals surface area contributed by atoms with Gasteiger partial charge >= 0.3 is 5.97 Å². The molecule has 0 heterocycles. The van der Waals surface area contributed by atoms with Crippen molar-refractivity contribution in [1.29, 1.82) is 0 Å². The average molecular weight is 216 g/mol. The summed E-state index contributed by atoms with van der Waals surface area (Å²) in [6.07, 6.45) is 1.50. The van der Waals surface area contributed by atoms with E-state index in [2.05, 4.69) is 0 Å². The van der Waals surface area contributed by atoms with Gasteiger partial charge in [0.2, 0.25) is 0 Å². The fourth-order valence-electron chi connectivity index (χ4n) is 0.702. The van der Waals surface area contributed by atoms with Crippen LogP contribution in [0.1, 0.15) is 34.6 Å². The minimum Gasteiger partial charge on any atom is -0.422 e. The number of ether oxygens (including phenoxy) is 1. The second kappa shape index (κ2) is 5.20. The maximum absolute atomic E-state index is 11.5. The van der Waals surface area contributed by atoms with Gasteiger partial charge in [0, 0.05) is 11.7 Å². The predicted molar refractivity (Wildman–Crippen MR) is 57.9 cm³/mol. The zero-order valence-corrected chi connectivity index (χ0v) is 10.0. The van der Waals surface area contributed by atoms with E-state index < -0.39 is 5.97 Å². The molecule has 0 spiro atoms. The summed E-state index contributed by atoms with van der Waals surface area (Å²) in [7, 11) is 0. The summed E-state index contributed by atoms with van der Waals surface area (Å²) in [5, 5.41) is -0.213. The third-order valence-corrected chi connectivity index (χ3v) is 2.11. The Labute approximate surface area is 88.9 Å². The van der Waals surface area contributed by atoms with Crippen molar-refractivity contribution >= 4 is 22.8 Å². The molecule has 3 nitrogen and oxygen atoms in total. The van der Waals surface area contributed by atoms with Crippen LogP contribution < -0.4 is 0 Å². The third-order valence-electron chi connectivity index (χ3n) is 1.12. The van der Waals surface area contributed by atoms with Crippen LogP contribution in [0.5, 0.6) is 0 Å². The van der Waals surface area contributed by atoms with E-state index in [-0.39, 0.29) is 15.6 Å². The van der Waals surface area contributed by atoms with Crippen molar-refractivity contribution in [1.82, 2.24) is 0 Å². The van der Waals surface area contributed by atoms with Crippen LogP contribution in [-0.4, -0.2) is 15.8 Å². The number of carbonyl (C=O) groups excluding carboxylic acids is 2. The van der Waals surface area contributed by atoms with Crippen LogP contribution in [0.15, 0.2) is 11.8 Å². The molecule has 0 aliphatic heterocycles. The van der Waals surface area contributed by atoms with Crippen LogP contribution in [0.2, 0.25) is 0 Å². The molecule has 0 rings (SSSR count). The number of hydrogen-bond acceptors (Lipinski definition) is 4. The molecule has 0 saturated heterocycles. The second-order valence-electron chi connectivity index (χ2n) is 3.75. The molecule has 0 radical (unpaired) electrons. The molecule has 0 aromatic heterocycles. The number of thioether (sulfide) groups is 1. The fourth-order valence-corrected chi connectivity index (χ4v) is 1.52. The highest BCUT2D eigenvalue weighted by Gasteiger charge is 2.21. The first-order valence-electron chi connectivity index (χ1n) is 4.34. The zero-order chi connectivity index (χ0) is 11.4. The monoisotopic (exact) mass is 216 g/mol. The van der Waals surface area contributed by atoms with Gasteiger partial charge in [-0.25, -0.2) is 0 Å². The van der Waals surface area contributed by atoms with Gasteiger partial charge in [-0.3, -0.25) is 9.59 Å². The van der Waals surface area contributed by atoms with Gasteiger partial charge in [0.15, 0.2) is 5.76 Å². The van der Waals surface area contributed by atoms with Gasteiger partial charge in [0.25, 0.3) is 5.12 Å². The van der Waals surface area contributed by atoms with Crippen molar-refractivity contribution in [3.05, 3.63) is 11.8 Å². The Bertz CT molecular complexity index is 261. The Hall–Kier alpha value is -0.770. The summed E-state index contributed by atoms with van der Waals surface area (Å²) in [4.78, 5) is 22.2. The smallest absolute Gasteiger partial charge is 0.308 e. The van der Waals surface area contributed by atoms with Crippen molar-refractivity contribution in [2.24, 2.45) is 0 Å². The molecule has 0 aromatic rings. The Morgan fingerprint density at radius 3 is 2.07 bits per heavy atom. The Morgan fingerprint density at radius 2 is 1.79 bits per heavy atom. The Balaban J connectivity index is 4.43. The van der Waals surface area contributed by atoms with Gasteiger partial charge in [-0.2, -0.15) is 0 Å². The maximum Gasteiger partial charge on any atom is 0.308 e. The van der Waals surface area contributed by atoms with E-state index in [0.717, 1.165) is 11.8 Å². The van der Waals surface area contributed by atoms with E-state index in [9.17, 15) is 9.59 Å². The van der Waals surface area contributed by atoms with E-state index in [4.69, 9.17) is 4.74 Å². The highest BCUT2D eigenvalue weighted by molar-refractivity contribution is 8.15. The first kappa shape index (κ1) is 13.2. The van der Waals surface area contributed by atoms with Crippen molar-refractivity contribution < 1.29 is 14.3 Å². The molecule has 4 heteroatoms. The fraction of sp³-hybridized carbons (Fsp3) is 0.600. The number of rotatable bonds is 2. The third kappa shape index (κ3) is 5.80. The van der Waals surface area contributed by atoms with Crippen LogP contribution in [0.25, 0.3) is 0 Å². The van der Waals surface area contributed by atoms with Crippen LogP contribution >= 0.6 is 11.8 Å². The van der Waals surface area contributed by atoms with Crippen LogP contribution in [0, 0.1) is 0 Å². The summed E-state index contributed by atoms with van der Waals surface area (Å²) in [6, 6.07) is 0. The van der Waals surface area contributed by atoms with E-state index in [0.29, 0.717) is 0 Å². The summed E-state index contributed by atoms with van der Waals surface area (Å²) in [5.41, 5.74) is 0. The normalized spacial score (nSPS) is 12.5. The van der Waals surface area contributed by atoms with Crippen molar-refractivity contribution in [3.8, 4) is 0 Å². The molecule has 0 fully saturated rings. The highest BCUT2D eigenvalue weighted by atomic mass is 32.2. The minimum atomic E-state index is -0.471. The lowest BCUT2D eigenvalue weighted by Crippen LogP contribution is -2.15. The molecular formula is C10H16O3S. The molecule has 0 aromatic carbocycles. The second-order valence-corrected chi connectivity index (χ2v) is 5.55. The topological polar surface area (TPSA) is 43.4 Å². The number of carbonyl (C=O) groups is 2.